The molecule has 2 heteroatoms. The Morgan fingerprint density at radius 2 is 1.08 bits per heavy atom. The molecule has 0 saturated carbocycles. The molecule has 0 bridgehead atoms. The minimum Gasteiger partial charge on any atom is -0.308 e. The van der Waals surface area contributed by atoms with E-state index < -0.39 is 0 Å². The fourth-order valence-electron chi connectivity index (χ4n) is 9.91. The lowest BCUT2D eigenvalue weighted by atomic mass is 9.81. The van der Waals surface area contributed by atoms with Crippen molar-refractivity contribution in [3.8, 4) is 39.1 Å². The van der Waals surface area contributed by atoms with E-state index in [4.69, 9.17) is 0 Å². The third kappa shape index (κ3) is 5.37. The van der Waals surface area contributed by atoms with Crippen molar-refractivity contribution in [3.63, 3.8) is 0 Å². The Morgan fingerprint density at radius 1 is 0.424 bits per heavy atom. The highest BCUT2D eigenvalue weighted by Crippen LogP contribution is 2.45. The summed E-state index contributed by atoms with van der Waals surface area (Å²) in [4.78, 5) is 4.52. The van der Waals surface area contributed by atoms with E-state index in [9.17, 15) is 0 Å². The van der Waals surface area contributed by atoms with Crippen molar-refractivity contribution in [2.45, 2.75) is 12.8 Å². The van der Waals surface area contributed by atoms with Gasteiger partial charge in [0.05, 0.1) is 17.2 Å². The average molecular weight is 751 g/mol. The van der Waals surface area contributed by atoms with Crippen molar-refractivity contribution in [3.05, 3.63) is 216 Å². The van der Waals surface area contributed by atoms with Crippen molar-refractivity contribution >= 4 is 65.8 Å². The van der Waals surface area contributed by atoms with Crippen LogP contribution < -0.4 is 10.4 Å². The molecule has 276 valence electrons. The van der Waals surface area contributed by atoms with Gasteiger partial charge in [-0.3, -0.25) is 4.98 Å². The fraction of sp³-hybridized carbons (Fsp3) is 0.0351. The lowest BCUT2D eigenvalue weighted by Gasteiger charge is -2.22. The van der Waals surface area contributed by atoms with Crippen LogP contribution in [0.3, 0.4) is 0 Å². The van der Waals surface area contributed by atoms with Crippen LogP contribution in [0.15, 0.2) is 200 Å². The zero-order chi connectivity index (χ0) is 38.9. The van der Waals surface area contributed by atoms with E-state index in [2.05, 4.69) is 204 Å². The van der Waals surface area contributed by atoms with E-state index in [0.717, 1.165) is 24.0 Å². The van der Waals surface area contributed by atoms with Crippen LogP contribution in [-0.4, -0.2) is 9.55 Å². The van der Waals surface area contributed by atoms with Gasteiger partial charge in [0.2, 0.25) is 0 Å². The second kappa shape index (κ2) is 13.5. The van der Waals surface area contributed by atoms with Gasteiger partial charge in [0.1, 0.15) is 0 Å². The molecule has 11 aromatic rings. The van der Waals surface area contributed by atoms with Gasteiger partial charge in [-0.2, -0.15) is 0 Å². The van der Waals surface area contributed by atoms with Gasteiger partial charge in [-0.15, -0.1) is 0 Å². The quantitative estimate of drug-likeness (QED) is 0.160. The molecule has 0 spiro atoms. The molecule has 0 aliphatic heterocycles. The highest BCUT2D eigenvalue weighted by Gasteiger charge is 2.21. The van der Waals surface area contributed by atoms with Crippen molar-refractivity contribution in [1.82, 2.24) is 9.55 Å². The van der Waals surface area contributed by atoms with Gasteiger partial charge in [0.15, 0.2) is 0 Å². The third-order valence-electron chi connectivity index (χ3n) is 12.5. The Kier molecular flexibility index (Phi) is 7.71. The van der Waals surface area contributed by atoms with Crippen molar-refractivity contribution < 1.29 is 0 Å². The van der Waals surface area contributed by atoms with Crippen molar-refractivity contribution in [1.29, 1.82) is 0 Å². The second-order valence-electron chi connectivity index (χ2n) is 15.8. The largest absolute Gasteiger partial charge is 0.308 e. The SMILES string of the molecule is C1=c2ccccc2=C(c2c3ccccc3c(-c3cccc4ccccc34)c3ccc(-c4cccc(-c5ccc6c(c5)c5ccncc5n6-c5ccccc5)c4)cc23)CC1. The summed E-state index contributed by atoms with van der Waals surface area (Å²) in [6, 6.07) is 69.5. The first kappa shape index (κ1) is 33.6. The smallest absolute Gasteiger partial charge is 0.0724 e. The van der Waals surface area contributed by atoms with Gasteiger partial charge in [-0.05, 0) is 143 Å². The first-order valence-corrected chi connectivity index (χ1v) is 20.6. The summed E-state index contributed by atoms with van der Waals surface area (Å²) in [7, 11) is 0. The number of benzene rings is 9. The maximum atomic E-state index is 4.52. The predicted octanol–water partition coefficient (Wildman–Crippen LogP) is 13.4. The summed E-state index contributed by atoms with van der Waals surface area (Å²) < 4.78 is 2.32. The van der Waals surface area contributed by atoms with Gasteiger partial charge in [-0.25, -0.2) is 0 Å². The summed E-state index contributed by atoms with van der Waals surface area (Å²) in [5, 5.41) is 12.8. The van der Waals surface area contributed by atoms with Gasteiger partial charge in [0, 0.05) is 22.7 Å². The lowest BCUT2D eigenvalue weighted by Crippen LogP contribution is -2.29. The topological polar surface area (TPSA) is 17.8 Å². The van der Waals surface area contributed by atoms with Gasteiger partial charge >= 0.3 is 0 Å². The molecule has 0 fully saturated rings. The number of hydrogen-bond donors (Lipinski definition) is 0. The maximum absolute atomic E-state index is 4.52. The van der Waals surface area contributed by atoms with Crippen LogP contribution in [0.5, 0.6) is 0 Å². The van der Waals surface area contributed by atoms with Crippen LogP contribution in [-0.2, 0) is 0 Å². The Labute approximate surface area is 342 Å². The Balaban J connectivity index is 1.09. The fourth-order valence-corrected chi connectivity index (χ4v) is 9.91. The van der Waals surface area contributed by atoms with E-state index >= 15 is 0 Å². The Morgan fingerprint density at radius 3 is 1.95 bits per heavy atom. The zero-order valence-electron chi connectivity index (χ0n) is 32.4. The number of para-hydroxylation sites is 1. The van der Waals surface area contributed by atoms with E-state index in [-0.39, 0.29) is 0 Å². The van der Waals surface area contributed by atoms with Crippen LogP contribution in [0.1, 0.15) is 18.4 Å². The lowest BCUT2D eigenvalue weighted by molar-refractivity contribution is 1.08. The molecule has 0 saturated heterocycles. The molecule has 0 N–H and O–H groups in total. The van der Waals surface area contributed by atoms with Gasteiger partial charge < -0.3 is 4.57 Å². The van der Waals surface area contributed by atoms with E-state index in [0.29, 0.717) is 0 Å². The maximum Gasteiger partial charge on any atom is 0.0724 e. The number of fused-ring (bicyclic) bond motifs is 7. The second-order valence-corrected chi connectivity index (χ2v) is 15.8. The molecule has 2 nitrogen and oxygen atoms in total. The first-order chi connectivity index (χ1) is 29.3. The van der Waals surface area contributed by atoms with Crippen LogP contribution in [0.2, 0.25) is 0 Å². The van der Waals surface area contributed by atoms with Crippen LogP contribution >= 0.6 is 0 Å². The summed E-state index contributed by atoms with van der Waals surface area (Å²) >= 11 is 0. The number of aromatic nitrogens is 2. The number of nitrogens with zero attached hydrogens (tertiary/aromatic N) is 2. The molecule has 0 radical (unpaired) electrons. The summed E-state index contributed by atoms with van der Waals surface area (Å²) in [5.41, 5.74) is 13.6. The molecule has 2 aromatic heterocycles. The molecule has 2 heterocycles. The summed E-state index contributed by atoms with van der Waals surface area (Å²) in [6.07, 6.45) is 8.31. The van der Waals surface area contributed by atoms with E-state index in [1.165, 1.54) is 104 Å². The molecular weight excluding hydrogens is 713 g/mol. The molecular formula is C57H38N2. The minimum absolute atomic E-state index is 1.00. The molecule has 59 heavy (non-hydrogen) atoms. The molecule has 1 aliphatic rings. The number of rotatable bonds is 5. The van der Waals surface area contributed by atoms with E-state index in [1.807, 2.05) is 12.4 Å². The van der Waals surface area contributed by atoms with Crippen LogP contribution in [0.4, 0.5) is 0 Å². The Hall–Kier alpha value is -7.55. The number of hydrogen-bond acceptors (Lipinski definition) is 1. The highest BCUT2D eigenvalue weighted by molar-refractivity contribution is 6.22. The molecule has 9 aromatic carbocycles. The molecule has 12 rings (SSSR count). The highest BCUT2D eigenvalue weighted by atomic mass is 15.0. The molecule has 0 amide bonds. The first-order valence-electron chi connectivity index (χ1n) is 20.6. The zero-order valence-corrected chi connectivity index (χ0v) is 32.4. The van der Waals surface area contributed by atoms with Crippen molar-refractivity contribution in [2.24, 2.45) is 0 Å². The average Bonchev–Trinajstić information content (AvgIpc) is 3.64. The third-order valence-corrected chi connectivity index (χ3v) is 12.5. The van der Waals surface area contributed by atoms with E-state index in [1.54, 1.807) is 0 Å². The minimum atomic E-state index is 1.00. The van der Waals surface area contributed by atoms with Crippen LogP contribution in [0.25, 0.3) is 105 Å². The van der Waals surface area contributed by atoms with Gasteiger partial charge in [0.25, 0.3) is 0 Å². The molecule has 0 atom stereocenters. The normalized spacial score (nSPS) is 12.7. The van der Waals surface area contributed by atoms with Gasteiger partial charge in [-0.1, -0.05) is 152 Å². The monoisotopic (exact) mass is 750 g/mol. The molecule has 1 aliphatic carbocycles. The Bertz CT molecular complexity index is 3610. The standard InChI is InChI=1S/C57H38N2/c1-2-19-43(20-3-1)59-54-30-28-42(34-52(54)46-31-32-58-36-55(46)59)40-18-10-17-39(33-40)41-27-29-51-53(35-41)57(48-26-12-16-38-14-5-7-22-45(38)48)50-24-9-8-23-49(50)56(51)47-25-11-15-37-13-4-6-21-44(37)47/h1-11,13-25,27-36H,12,26H2. The predicted molar refractivity (Wildman–Crippen MR) is 249 cm³/mol. The van der Waals surface area contributed by atoms with Crippen LogP contribution in [0, 0.1) is 0 Å². The molecule has 0 unspecified atom stereocenters. The summed E-state index contributed by atoms with van der Waals surface area (Å²) in [5.74, 6) is 0. The van der Waals surface area contributed by atoms with Crippen molar-refractivity contribution in [2.75, 3.05) is 0 Å². The number of pyridine rings is 1. The summed E-state index contributed by atoms with van der Waals surface area (Å²) in [6.45, 7) is 0.